The molecule has 2 heteroatoms. The molecule has 1 aromatic rings. The third-order valence-corrected chi connectivity index (χ3v) is 3.93. The first-order valence-corrected chi connectivity index (χ1v) is 5.75. The molecule has 2 fully saturated rings. The molecule has 80 valence electrons. The number of nitrogens with two attached hydrogens (primary N) is 1. The van der Waals surface area contributed by atoms with Gasteiger partial charge in [0, 0.05) is 5.54 Å². The van der Waals surface area contributed by atoms with Crippen molar-refractivity contribution in [2.24, 2.45) is 5.73 Å². The number of hydrogen-bond acceptors (Lipinski definition) is 2. The predicted molar refractivity (Wildman–Crippen MR) is 59.3 cm³/mol. The molecule has 2 aliphatic rings. The van der Waals surface area contributed by atoms with E-state index in [2.05, 4.69) is 6.07 Å². The van der Waals surface area contributed by atoms with Crippen LogP contribution in [0.1, 0.15) is 43.2 Å². The van der Waals surface area contributed by atoms with Crippen LogP contribution in [0.3, 0.4) is 0 Å². The van der Waals surface area contributed by atoms with E-state index >= 15 is 0 Å². The molecule has 0 amide bonds. The van der Waals surface area contributed by atoms with Gasteiger partial charge in [-0.1, -0.05) is 24.3 Å². The molecule has 0 unspecified atom stereocenters. The Kier molecular flexibility index (Phi) is 1.77. The van der Waals surface area contributed by atoms with Crippen LogP contribution in [0.25, 0.3) is 0 Å². The molecular weight excluding hydrogens is 186 g/mol. The van der Waals surface area contributed by atoms with Gasteiger partial charge in [0.25, 0.3) is 0 Å². The fraction of sp³-hybridized carbons (Fsp3) is 0.538. The minimum atomic E-state index is -0.557. The maximum Gasteiger partial charge on any atom is 0.0902 e. The lowest BCUT2D eigenvalue weighted by atomic mass is 9.70. The summed E-state index contributed by atoms with van der Waals surface area (Å²) in [5, 5.41) is 10.2. The van der Waals surface area contributed by atoms with Crippen LogP contribution < -0.4 is 5.73 Å². The van der Waals surface area contributed by atoms with Crippen LogP contribution >= 0.6 is 0 Å². The first-order chi connectivity index (χ1) is 7.14. The zero-order valence-electron chi connectivity index (χ0n) is 8.87. The molecule has 0 aliphatic heterocycles. The fourth-order valence-corrected chi connectivity index (χ4v) is 2.54. The molecule has 0 saturated heterocycles. The Balaban J connectivity index is 2.06. The highest BCUT2D eigenvalue weighted by atomic mass is 16.3. The number of rotatable bonds is 2. The number of benzene rings is 1. The van der Waals surface area contributed by atoms with E-state index in [0.29, 0.717) is 0 Å². The van der Waals surface area contributed by atoms with Crippen LogP contribution in [0.15, 0.2) is 24.3 Å². The second-order valence-corrected chi connectivity index (χ2v) is 5.09. The van der Waals surface area contributed by atoms with Crippen molar-refractivity contribution in [1.29, 1.82) is 0 Å². The van der Waals surface area contributed by atoms with Gasteiger partial charge < -0.3 is 10.8 Å². The summed E-state index contributed by atoms with van der Waals surface area (Å²) in [6.45, 7) is 0. The zero-order chi connectivity index (χ0) is 10.5. The predicted octanol–water partition coefficient (Wildman–Crippen LogP) is 2.01. The van der Waals surface area contributed by atoms with Crippen molar-refractivity contribution < 1.29 is 5.11 Å². The largest absolute Gasteiger partial charge is 0.385 e. The summed E-state index contributed by atoms with van der Waals surface area (Å²) in [7, 11) is 0. The van der Waals surface area contributed by atoms with Crippen LogP contribution in [0.5, 0.6) is 0 Å². The lowest BCUT2D eigenvalue weighted by Crippen LogP contribution is -2.44. The summed E-state index contributed by atoms with van der Waals surface area (Å²) >= 11 is 0. The molecule has 0 heterocycles. The smallest absolute Gasteiger partial charge is 0.0902 e. The summed E-state index contributed by atoms with van der Waals surface area (Å²) in [6.07, 6.45) is 5.10. The first kappa shape index (κ1) is 9.37. The quantitative estimate of drug-likeness (QED) is 0.772. The van der Waals surface area contributed by atoms with Gasteiger partial charge in [-0.3, -0.25) is 0 Å². The second kappa shape index (κ2) is 2.83. The Hall–Kier alpha value is -0.860. The topological polar surface area (TPSA) is 46.2 Å². The van der Waals surface area contributed by atoms with Gasteiger partial charge >= 0.3 is 0 Å². The Morgan fingerprint density at radius 1 is 1.00 bits per heavy atom. The summed E-state index contributed by atoms with van der Waals surface area (Å²) in [4.78, 5) is 0. The van der Waals surface area contributed by atoms with E-state index in [1.54, 1.807) is 0 Å². The molecule has 2 nitrogen and oxygen atoms in total. The highest BCUT2D eigenvalue weighted by molar-refractivity contribution is 5.41. The SMILES string of the molecule is NC1(c2ccccc2C2(O)CC2)CCC1. The van der Waals surface area contributed by atoms with Crippen molar-refractivity contribution in [2.45, 2.75) is 43.2 Å². The standard InChI is InChI=1S/C13H17NO/c14-12(6-3-7-12)10-4-1-2-5-11(10)13(15)8-9-13/h1-2,4-5,15H,3,6-9,14H2. The first-order valence-electron chi connectivity index (χ1n) is 5.75. The van der Waals surface area contributed by atoms with Crippen LogP contribution in [-0.4, -0.2) is 5.11 Å². The third-order valence-electron chi connectivity index (χ3n) is 3.93. The van der Waals surface area contributed by atoms with Gasteiger partial charge in [0.2, 0.25) is 0 Å². The normalized spacial score (nSPS) is 25.7. The number of hydrogen-bond donors (Lipinski definition) is 2. The van der Waals surface area contributed by atoms with Crippen molar-refractivity contribution >= 4 is 0 Å². The van der Waals surface area contributed by atoms with E-state index in [4.69, 9.17) is 5.73 Å². The Labute approximate surface area is 90.1 Å². The average molecular weight is 203 g/mol. The molecule has 1 aromatic carbocycles. The van der Waals surface area contributed by atoms with Gasteiger partial charge in [-0.05, 0) is 43.2 Å². The van der Waals surface area contributed by atoms with E-state index in [1.165, 1.54) is 12.0 Å². The minimum absolute atomic E-state index is 0.158. The second-order valence-electron chi connectivity index (χ2n) is 5.09. The highest BCUT2D eigenvalue weighted by Gasteiger charge is 2.47. The summed E-state index contributed by atoms with van der Waals surface area (Å²) in [5.41, 5.74) is 7.88. The molecule has 15 heavy (non-hydrogen) atoms. The molecule has 0 radical (unpaired) electrons. The van der Waals surface area contributed by atoms with Gasteiger partial charge in [-0.25, -0.2) is 0 Å². The van der Waals surface area contributed by atoms with Crippen molar-refractivity contribution in [3.63, 3.8) is 0 Å². The van der Waals surface area contributed by atoms with Gasteiger partial charge in [0.1, 0.15) is 0 Å². The van der Waals surface area contributed by atoms with E-state index < -0.39 is 5.60 Å². The van der Waals surface area contributed by atoms with Crippen molar-refractivity contribution in [2.75, 3.05) is 0 Å². The maximum absolute atomic E-state index is 10.2. The Bertz CT molecular complexity index is 391. The van der Waals surface area contributed by atoms with Gasteiger partial charge in [-0.2, -0.15) is 0 Å². The van der Waals surface area contributed by atoms with E-state index in [0.717, 1.165) is 31.2 Å². The van der Waals surface area contributed by atoms with Crippen molar-refractivity contribution in [1.82, 2.24) is 0 Å². The monoisotopic (exact) mass is 203 g/mol. The molecular formula is C13H17NO. The van der Waals surface area contributed by atoms with E-state index in [1.807, 2.05) is 18.2 Å². The summed E-state index contributed by atoms with van der Waals surface area (Å²) in [6, 6.07) is 8.15. The molecule has 0 aromatic heterocycles. The fourth-order valence-electron chi connectivity index (χ4n) is 2.54. The molecule has 2 saturated carbocycles. The van der Waals surface area contributed by atoms with Gasteiger partial charge in [0.05, 0.1) is 5.60 Å². The Morgan fingerprint density at radius 2 is 1.60 bits per heavy atom. The van der Waals surface area contributed by atoms with Crippen molar-refractivity contribution in [3.05, 3.63) is 35.4 Å². The third kappa shape index (κ3) is 1.32. The van der Waals surface area contributed by atoms with Crippen LogP contribution in [-0.2, 0) is 11.1 Å². The Morgan fingerprint density at radius 3 is 2.07 bits per heavy atom. The lowest BCUT2D eigenvalue weighted by Gasteiger charge is -2.40. The molecule has 3 N–H and O–H groups in total. The van der Waals surface area contributed by atoms with Crippen LogP contribution in [0.4, 0.5) is 0 Å². The molecule has 3 rings (SSSR count). The van der Waals surface area contributed by atoms with Crippen molar-refractivity contribution in [3.8, 4) is 0 Å². The maximum atomic E-state index is 10.2. The van der Waals surface area contributed by atoms with E-state index in [9.17, 15) is 5.11 Å². The van der Waals surface area contributed by atoms with Crippen LogP contribution in [0, 0.1) is 0 Å². The highest BCUT2D eigenvalue weighted by Crippen LogP contribution is 2.50. The zero-order valence-corrected chi connectivity index (χ0v) is 8.87. The lowest BCUT2D eigenvalue weighted by molar-refractivity contribution is 0.144. The van der Waals surface area contributed by atoms with E-state index in [-0.39, 0.29) is 5.54 Å². The summed E-state index contributed by atoms with van der Waals surface area (Å²) in [5.74, 6) is 0. The average Bonchev–Trinajstić information content (AvgIpc) is 2.94. The summed E-state index contributed by atoms with van der Waals surface area (Å²) < 4.78 is 0. The molecule has 0 spiro atoms. The molecule has 0 atom stereocenters. The van der Waals surface area contributed by atoms with Gasteiger partial charge in [0.15, 0.2) is 0 Å². The molecule has 2 aliphatic carbocycles. The van der Waals surface area contributed by atoms with Crippen LogP contribution in [0.2, 0.25) is 0 Å². The van der Waals surface area contributed by atoms with Gasteiger partial charge in [-0.15, -0.1) is 0 Å². The number of aliphatic hydroxyl groups is 1. The molecule has 0 bridgehead atoms. The minimum Gasteiger partial charge on any atom is -0.385 e.